The summed E-state index contributed by atoms with van der Waals surface area (Å²) in [6, 6.07) is 4.88. The highest BCUT2D eigenvalue weighted by Crippen LogP contribution is 2.33. The van der Waals surface area contributed by atoms with E-state index in [1.807, 2.05) is 0 Å². The first-order valence-corrected chi connectivity index (χ1v) is 8.40. The van der Waals surface area contributed by atoms with Crippen LogP contribution in [0.4, 0.5) is 4.39 Å². The molecule has 1 aromatic carbocycles. The van der Waals surface area contributed by atoms with E-state index in [0.29, 0.717) is 30.0 Å². The summed E-state index contributed by atoms with van der Waals surface area (Å²) >= 11 is 0. The van der Waals surface area contributed by atoms with Crippen LogP contribution in [0.5, 0.6) is 0 Å². The highest BCUT2D eigenvalue weighted by atomic mass is 19.1. The maximum Gasteiger partial charge on any atom is 0.341 e. The third-order valence-corrected chi connectivity index (χ3v) is 4.31. The monoisotopic (exact) mass is 344 g/mol. The second kappa shape index (κ2) is 7.61. The Morgan fingerprint density at radius 1 is 1.48 bits per heavy atom. The quantitative estimate of drug-likeness (QED) is 0.773. The summed E-state index contributed by atoms with van der Waals surface area (Å²) in [6.45, 7) is 6.88. The number of hydrogen-bond donors (Lipinski definition) is 0. The lowest BCUT2D eigenvalue weighted by atomic mass is 10.0. The lowest BCUT2D eigenvalue weighted by Crippen LogP contribution is -2.21. The van der Waals surface area contributed by atoms with Crippen LogP contribution in [0.2, 0.25) is 0 Å². The molecular formula is C19H21FN2O3. The van der Waals surface area contributed by atoms with Crippen molar-refractivity contribution in [2.45, 2.75) is 25.8 Å². The third-order valence-electron chi connectivity index (χ3n) is 4.31. The van der Waals surface area contributed by atoms with Crippen LogP contribution in [-0.4, -0.2) is 35.6 Å². The van der Waals surface area contributed by atoms with Gasteiger partial charge in [-0.05, 0) is 37.5 Å². The highest BCUT2D eigenvalue weighted by Gasteiger charge is 2.27. The van der Waals surface area contributed by atoms with E-state index < -0.39 is 11.8 Å². The number of carbonyl (C=O) groups is 1. The number of benzene rings is 1. The van der Waals surface area contributed by atoms with Crippen molar-refractivity contribution in [1.29, 1.82) is 0 Å². The average molecular weight is 344 g/mol. The molecule has 1 aliphatic heterocycles. The summed E-state index contributed by atoms with van der Waals surface area (Å²) in [5, 5.41) is 4.38. The van der Waals surface area contributed by atoms with Gasteiger partial charge in [-0.15, -0.1) is 0 Å². The number of hydrogen-bond acceptors (Lipinski definition) is 4. The molecule has 0 N–H and O–H groups in total. The van der Waals surface area contributed by atoms with Crippen molar-refractivity contribution >= 4 is 12.0 Å². The van der Waals surface area contributed by atoms with Crippen molar-refractivity contribution in [2.24, 2.45) is 0 Å². The molecule has 0 bridgehead atoms. The van der Waals surface area contributed by atoms with Crippen LogP contribution in [0.15, 0.2) is 31.0 Å². The largest absolute Gasteiger partial charge is 0.462 e. The molecule has 0 aliphatic carbocycles. The van der Waals surface area contributed by atoms with Crippen molar-refractivity contribution in [1.82, 2.24) is 9.78 Å². The molecule has 2 aromatic rings. The van der Waals surface area contributed by atoms with E-state index in [2.05, 4.69) is 11.7 Å². The summed E-state index contributed by atoms with van der Waals surface area (Å²) in [7, 11) is 0. The number of esters is 1. The van der Waals surface area contributed by atoms with Gasteiger partial charge in [-0.3, -0.25) is 4.68 Å². The van der Waals surface area contributed by atoms with Crippen molar-refractivity contribution in [2.75, 3.05) is 19.8 Å². The van der Waals surface area contributed by atoms with Crippen molar-refractivity contribution in [3.8, 4) is 11.3 Å². The Hall–Kier alpha value is -2.47. The molecule has 1 saturated heterocycles. The lowest BCUT2D eigenvalue weighted by Gasteiger charge is -2.24. The van der Waals surface area contributed by atoms with Crippen LogP contribution in [0, 0.1) is 5.82 Å². The van der Waals surface area contributed by atoms with Crippen molar-refractivity contribution in [3.05, 3.63) is 47.9 Å². The fourth-order valence-corrected chi connectivity index (χ4v) is 3.05. The topological polar surface area (TPSA) is 53.3 Å². The molecule has 132 valence electrons. The number of ether oxygens (including phenoxy) is 2. The number of nitrogens with zero attached hydrogens (tertiary/aromatic N) is 2. The Balaban J connectivity index is 2.11. The minimum Gasteiger partial charge on any atom is -0.462 e. The summed E-state index contributed by atoms with van der Waals surface area (Å²) in [5.74, 6) is -0.917. The van der Waals surface area contributed by atoms with Crippen molar-refractivity contribution < 1.29 is 18.7 Å². The Morgan fingerprint density at radius 2 is 2.24 bits per heavy atom. The van der Waals surface area contributed by atoms with E-state index in [1.165, 1.54) is 12.3 Å². The van der Waals surface area contributed by atoms with E-state index in [-0.39, 0.29) is 18.2 Å². The molecule has 1 aromatic heterocycles. The fourth-order valence-electron chi connectivity index (χ4n) is 3.05. The normalized spacial score (nSPS) is 15.1. The van der Waals surface area contributed by atoms with E-state index in [9.17, 15) is 9.18 Å². The van der Waals surface area contributed by atoms with Gasteiger partial charge in [0.05, 0.1) is 24.5 Å². The zero-order chi connectivity index (χ0) is 17.8. The standard InChI is InChI=1S/C19H21FN2O3/c1-3-13-5-6-15(17(20)11-13)18-16(19(23)25-4-2)12-21-22(18)14-7-9-24-10-8-14/h3,5-6,11-12,14H,1,4,7-10H2,2H3. The third kappa shape index (κ3) is 3.49. The van der Waals surface area contributed by atoms with Gasteiger partial charge >= 0.3 is 5.97 Å². The first-order valence-electron chi connectivity index (χ1n) is 8.40. The number of halogens is 1. The van der Waals surface area contributed by atoms with Crippen LogP contribution in [0.1, 0.15) is 41.7 Å². The predicted octanol–water partition coefficient (Wildman–Crippen LogP) is 3.86. The minimum absolute atomic E-state index is 0.0606. The highest BCUT2D eigenvalue weighted by molar-refractivity contribution is 5.96. The first-order chi connectivity index (χ1) is 12.2. The minimum atomic E-state index is -0.497. The van der Waals surface area contributed by atoms with Gasteiger partial charge in [-0.25, -0.2) is 9.18 Å². The summed E-state index contributed by atoms with van der Waals surface area (Å²) in [4.78, 5) is 12.3. The van der Waals surface area contributed by atoms with Gasteiger partial charge in [0, 0.05) is 18.8 Å². The smallest absolute Gasteiger partial charge is 0.341 e. The molecule has 5 nitrogen and oxygen atoms in total. The van der Waals surface area contributed by atoms with E-state index in [4.69, 9.17) is 9.47 Å². The van der Waals surface area contributed by atoms with E-state index in [0.717, 1.165) is 12.8 Å². The fraction of sp³-hybridized carbons (Fsp3) is 0.368. The van der Waals surface area contributed by atoms with Gasteiger partial charge in [-0.2, -0.15) is 5.10 Å². The lowest BCUT2D eigenvalue weighted by molar-refractivity contribution is 0.0526. The van der Waals surface area contributed by atoms with E-state index >= 15 is 0 Å². The molecule has 0 amide bonds. The summed E-state index contributed by atoms with van der Waals surface area (Å²) in [6.07, 6.45) is 4.57. The molecular weight excluding hydrogens is 323 g/mol. The molecule has 0 spiro atoms. The molecule has 1 fully saturated rings. The molecule has 0 saturated carbocycles. The predicted molar refractivity (Wildman–Crippen MR) is 92.8 cm³/mol. The SMILES string of the molecule is C=Cc1ccc(-c2c(C(=O)OCC)cnn2C2CCOCC2)c(F)c1. The van der Waals surface area contributed by atoms with Crippen LogP contribution >= 0.6 is 0 Å². The zero-order valence-corrected chi connectivity index (χ0v) is 14.2. The maximum atomic E-state index is 14.7. The van der Waals surface area contributed by atoms with Crippen LogP contribution in [-0.2, 0) is 9.47 Å². The second-order valence-electron chi connectivity index (χ2n) is 5.86. The molecule has 1 aliphatic rings. The number of rotatable bonds is 5. The van der Waals surface area contributed by atoms with Gasteiger partial charge < -0.3 is 9.47 Å². The first kappa shape index (κ1) is 17.4. The molecule has 6 heteroatoms. The number of carbonyl (C=O) groups excluding carboxylic acids is 1. The Morgan fingerprint density at radius 3 is 2.88 bits per heavy atom. The van der Waals surface area contributed by atoms with Crippen molar-refractivity contribution in [3.63, 3.8) is 0 Å². The van der Waals surface area contributed by atoms with Gasteiger partial charge in [0.2, 0.25) is 0 Å². The van der Waals surface area contributed by atoms with Crippen LogP contribution in [0.25, 0.3) is 17.3 Å². The Labute approximate surface area is 146 Å². The molecule has 0 radical (unpaired) electrons. The molecule has 0 unspecified atom stereocenters. The zero-order valence-electron chi connectivity index (χ0n) is 14.2. The molecule has 0 atom stereocenters. The van der Waals surface area contributed by atoms with Gasteiger partial charge in [-0.1, -0.05) is 18.7 Å². The van der Waals surface area contributed by atoms with Gasteiger partial charge in [0.15, 0.2) is 0 Å². The maximum absolute atomic E-state index is 14.7. The van der Waals surface area contributed by atoms with Crippen LogP contribution < -0.4 is 0 Å². The van der Waals surface area contributed by atoms with Gasteiger partial charge in [0.25, 0.3) is 0 Å². The molecule has 3 rings (SSSR count). The average Bonchev–Trinajstić information content (AvgIpc) is 3.07. The second-order valence-corrected chi connectivity index (χ2v) is 5.86. The Kier molecular flexibility index (Phi) is 5.28. The molecule has 25 heavy (non-hydrogen) atoms. The van der Waals surface area contributed by atoms with E-state index in [1.54, 1.807) is 29.8 Å². The van der Waals surface area contributed by atoms with Crippen LogP contribution in [0.3, 0.4) is 0 Å². The summed E-state index contributed by atoms with van der Waals surface area (Å²) < 4.78 is 27.0. The molecule has 2 heterocycles. The summed E-state index contributed by atoms with van der Waals surface area (Å²) in [5.41, 5.74) is 1.74. The number of aromatic nitrogens is 2. The Bertz CT molecular complexity index is 779. The van der Waals surface area contributed by atoms with Gasteiger partial charge in [0.1, 0.15) is 11.4 Å².